The van der Waals surface area contributed by atoms with Crippen molar-refractivity contribution in [3.8, 4) is 5.69 Å². The standard InChI is InChI=1S/C19H19N5O2S/c1-14-11-12-22(16-9-5-6-10-17(16)27-14)18(25)13-23-19(26)24(21-20-23)15-7-3-2-4-8-15/h2-10,14H,11-13H2,1H3. The van der Waals surface area contributed by atoms with Crippen LogP contribution in [0.4, 0.5) is 5.69 Å². The van der Waals surface area contributed by atoms with Gasteiger partial charge in [-0.1, -0.05) is 37.3 Å². The highest BCUT2D eigenvalue weighted by atomic mass is 32.2. The number of rotatable bonds is 3. The van der Waals surface area contributed by atoms with E-state index in [9.17, 15) is 9.59 Å². The maximum atomic E-state index is 13.0. The van der Waals surface area contributed by atoms with Gasteiger partial charge in [-0.15, -0.1) is 11.8 Å². The predicted octanol–water partition coefficient (Wildman–Crippen LogP) is 2.35. The molecule has 4 rings (SSSR count). The fourth-order valence-corrected chi connectivity index (χ4v) is 4.18. The van der Waals surface area contributed by atoms with Gasteiger partial charge in [0.25, 0.3) is 0 Å². The lowest BCUT2D eigenvalue weighted by atomic mass is 10.2. The molecule has 8 heteroatoms. The summed E-state index contributed by atoms with van der Waals surface area (Å²) in [6.45, 7) is 2.63. The van der Waals surface area contributed by atoms with Gasteiger partial charge in [-0.3, -0.25) is 4.79 Å². The lowest BCUT2D eigenvalue weighted by Crippen LogP contribution is -2.38. The van der Waals surface area contributed by atoms with Crippen molar-refractivity contribution in [2.75, 3.05) is 11.4 Å². The summed E-state index contributed by atoms with van der Waals surface area (Å²) in [6, 6.07) is 16.9. The molecule has 1 amide bonds. The van der Waals surface area contributed by atoms with E-state index in [1.54, 1.807) is 28.8 Å². The monoisotopic (exact) mass is 381 g/mol. The van der Waals surface area contributed by atoms with Gasteiger partial charge < -0.3 is 4.90 Å². The average Bonchev–Trinajstić information content (AvgIpc) is 2.94. The molecule has 1 aliphatic rings. The molecule has 27 heavy (non-hydrogen) atoms. The Hall–Kier alpha value is -2.87. The first-order valence-corrected chi connectivity index (χ1v) is 9.66. The lowest BCUT2D eigenvalue weighted by Gasteiger charge is -2.22. The molecule has 138 valence electrons. The summed E-state index contributed by atoms with van der Waals surface area (Å²) < 4.78 is 2.31. The van der Waals surface area contributed by atoms with Crippen LogP contribution in [-0.2, 0) is 11.3 Å². The fraction of sp³-hybridized carbons (Fsp3) is 0.263. The van der Waals surface area contributed by atoms with E-state index in [-0.39, 0.29) is 12.5 Å². The number of para-hydroxylation sites is 2. The van der Waals surface area contributed by atoms with E-state index in [0.717, 1.165) is 21.7 Å². The quantitative estimate of drug-likeness (QED) is 0.696. The van der Waals surface area contributed by atoms with Crippen LogP contribution < -0.4 is 10.6 Å². The molecule has 7 nitrogen and oxygen atoms in total. The number of tetrazole rings is 1. The van der Waals surface area contributed by atoms with Gasteiger partial charge in [-0.25, -0.2) is 4.79 Å². The fourth-order valence-electron chi connectivity index (χ4n) is 3.06. The van der Waals surface area contributed by atoms with E-state index in [1.165, 1.54) is 4.68 Å². The number of carbonyl (C=O) groups is 1. The Morgan fingerprint density at radius 2 is 1.85 bits per heavy atom. The van der Waals surface area contributed by atoms with Crippen molar-refractivity contribution < 1.29 is 4.79 Å². The van der Waals surface area contributed by atoms with Gasteiger partial charge in [-0.2, -0.15) is 9.36 Å². The second-order valence-corrected chi connectivity index (χ2v) is 7.88. The van der Waals surface area contributed by atoms with Crippen LogP contribution >= 0.6 is 11.8 Å². The molecule has 1 aromatic heterocycles. The second-order valence-electron chi connectivity index (χ2n) is 6.40. The molecule has 2 aromatic carbocycles. The number of anilines is 1. The molecular weight excluding hydrogens is 362 g/mol. The molecule has 0 saturated carbocycles. The van der Waals surface area contributed by atoms with E-state index in [4.69, 9.17) is 0 Å². The molecule has 0 spiro atoms. The zero-order chi connectivity index (χ0) is 18.8. The van der Waals surface area contributed by atoms with E-state index in [1.807, 2.05) is 42.5 Å². The van der Waals surface area contributed by atoms with Crippen LogP contribution in [0.25, 0.3) is 5.69 Å². The third-order valence-electron chi connectivity index (χ3n) is 4.47. The predicted molar refractivity (Wildman–Crippen MR) is 104 cm³/mol. The van der Waals surface area contributed by atoms with Crippen molar-refractivity contribution in [2.45, 2.75) is 30.0 Å². The maximum Gasteiger partial charge on any atom is 0.368 e. The second kappa shape index (κ2) is 7.40. The number of amides is 1. The van der Waals surface area contributed by atoms with Crippen molar-refractivity contribution in [2.24, 2.45) is 0 Å². The highest BCUT2D eigenvalue weighted by molar-refractivity contribution is 8.00. The third-order valence-corrected chi connectivity index (χ3v) is 5.71. The van der Waals surface area contributed by atoms with Crippen molar-refractivity contribution >= 4 is 23.4 Å². The molecule has 3 aromatic rings. The van der Waals surface area contributed by atoms with Crippen LogP contribution in [0.5, 0.6) is 0 Å². The minimum Gasteiger partial charge on any atom is -0.310 e. The van der Waals surface area contributed by atoms with Crippen LogP contribution in [0.2, 0.25) is 0 Å². The van der Waals surface area contributed by atoms with Gasteiger partial charge in [0.15, 0.2) is 0 Å². The molecule has 0 radical (unpaired) electrons. The Labute approximate surface area is 160 Å². The van der Waals surface area contributed by atoms with Gasteiger partial charge in [0.05, 0.1) is 11.4 Å². The highest BCUT2D eigenvalue weighted by Gasteiger charge is 2.25. The molecule has 0 saturated heterocycles. The first kappa shape index (κ1) is 17.5. The summed E-state index contributed by atoms with van der Waals surface area (Å²) in [6.07, 6.45) is 0.886. The van der Waals surface area contributed by atoms with Crippen LogP contribution in [-0.4, -0.2) is 37.5 Å². The Morgan fingerprint density at radius 3 is 2.67 bits per heavy atom. The van der Waals surface area contributed by atoms with Crippen LogP contribution in [0, 0.1) is 0 Å². The lowest BCUT2D eigenvalue weighted by molar-refractivity contribution is -0.119. The Morgan fingerprint density at radius 1 is 1.11 bits per heavy atom. The zero-order valence-electron chi connectivity index (χ0n) is 14.9. The average molecular weight is 381 g/mol. The molecule has 0 N–H and O–H groups in total. The van der Waals surface area contributed by atoms with Crippen molar-refractivity contribution in [1.29, 1.82) is 0 Å². The molecule has 1 unspecified atom stereocenters. The van der Waals surface area contributed by atoms with Crippen LogP contribution in [0.15, 0.2) is 64.3 Å². The highest BCUT2D eigenvalue weighted by Crippen LogP contribution is 2.37. The Bertz CT molecular complexity index is 1010. The number of carbonyl (C=O) groups excluding carboxylic acids is 1. The Kier molecular flexibility index (Phi) is 4.81. The molecule has 0 bridgehead atoms. The van der Waals surface area contributed by atoms with Crippen LogP contribution in [0.1, 0.15) is 13.3 Å². The van der Waals surface area contributed by atoms with Crippen LogP contribution in [0.3, 0.4) is 0 Å². The number of nitrogens with zero attached hydrogens (tertiary/aromatic N) is 5. The minimum atomic E-state index is -0.430. The largest absolute Gasteiger partial charge is 0.368 e. The number of hydrogen-bond acceptors (Lipinski definition) is 5. The van der Waals surface area contributed by atoms with Crippen molar-refractivity contribution in [1.82, 2.24) is 19.8 Å². The van der Waals surface area contributed by atoms with Crippen molar-refractivity contribution in [3.63, 3.8) is 0 Å². The van der Waals surface area contributed by atoms with Gasteiger partial charge in [-0.05, 0) is 41.1 Å². The van der Waals surface area contributed by atoms with Gasteiger partial charge in [0.1, 0.15) is 6.54 Å². The normalized spacial score (nSPS) is 16.6. The summed E-state index contributed by atoms with van der Waals surface area (Å²) >= 11 is 1.77. The van der Waals surface area contributed by atoms with Gasteiger partial charge in [0.2, 0.25) is 5.91 Å². The van der Waals surface area contributed by atoms with E-state index in [2.05, 4.69) is 17.4 Å². The number of fused-ring (bicyclic) bond motifs is 1. The third kappa shape index (κ3) is 3.52. The number of thioether (sulfide) groups is 1. The number of benzene rings is 2. The number of aromatic nitrogens is 4. The van der Waals surface area contributed by atoms with E-state index >= 15 is 0 Å². The zero-order valence-corrected chi connectivity index (χ0v) is 15.7. The van der Waals surface area contributed by atoms with E-state index < -0.39 is 5.69 Å². The Balaban J connectivity index is 1.60. The molecule has 1 atom stereocenters. The molecule has 2 heterocycles. The van der Waals surface area contributed by atoms with Gasteiger partial charge in [0, 0.05) is 16.7 Å². The summed E-state index contributed by atoms with van der Waals surface area (Å²) in [5, 5.41) is 8.21. The first-order chi connectivity index (χ1) is 13.1. The molecular formula is C19H19N5O2S. The summed E-state index contributed by atoms with van der Waals surface area (Å²) in [5.74, 6) is -0.167. The summed E-state index contributed by atoms with van der Waals surface area (Å²) in [4.78, 5) is 28.4. The minimum absolute atomic E-state index is 0.140. The topological polar surface area (TPSA) is 73.0 Å². The van der Waals surface area contributed by atoms with E-state index in [0.29, 0.717) is 17.5 Å². The van der Waals surface area contributed by atoms with Crippen molar-refractivity contribution in [3.05, 3.63) is 65.1 Å². The smallest absolute Gasteiger partial charge is 0.310 e. The molecule has 1 aliphatic heterocycles. The molecule has 0 fully saturated rings. The summed E-state index contributed by atoms with van der Waals surface area (Å²) in [7, 11) is 0. The van der Waals surface area contributed by atoms with Gasteiger partial charge >= 0.3 is 5.69 Å². The molecule has 0 aliphatic carbocycles. The first-order valence-electron chi connectivity index (χ1n) is 8.78. The number of hydrogen-bond donors (Lipinski definition) is 0. The summed E-state index contributed by atoms with van der Waals surface area (Å²) in [5.41, 5.74) is 1.08. The maximum absolute atomic E-state index is 13.0. The SMILES string of the molecule is CC1CCN(C(=O)Cn2nnn(-c3ccccc3)c2=O)c2ccccc2S1.